The molecular weight excluding hydrogens is 463 g/mol. The number of amidine groups is 1. The van der Waals surface area contributed by atoms with Crippen molar-refractivity contribution in [1.82, 2.24) is 0 Å². The summed E-state index contributed by atoms with van der Waals surface area (Å²) < 4.78 is 39.2. The summed E-state index contributed by atoms with van der Waals surface area (Å²) in [5, 5.41) is 0.763. The molecule has 2 aromatic rings. The topological polar surface area (TPSA) is 49.7 Å². The van der Waals surface area contributed by atoms with Gasteiger partial charge in [0.05, 0.1) is 23.6 Å². The van der Waals surface area contributed by atoms with Crippen LogP contribution < -0.4 is 4.90 Å². The highest BCUT2D eigenvalue weighted by atomic mass is 79.9. The minimum absolute atomic E-state index is 0.0791. The Morgan fingerprint density at radius 1 is 1.21 bits per heavy atom. The van der Waals surface area contributed by atoms with E-state index in [0.29, 0.717) is 15.8 Å². The summed E-state index contributed by atoms with van der Waals surface area (Å²) in [7, 11) is -3.09. The third-order valence-electron chi connectivity index (χ3n) is 5.09. The molecule has 0 spiro atoms. The summed E-state index contributed by atoms with van der Waals surface area (Å²) in [4.78, 5) is 6.77. The van der Waals surface area contributed by atoms with Crippen LogP contribution in [0.4, 0.5) is 10.1 Å². The van der Waals surface area contributed by atoms with E-state index in [9.17, 15) is 12.8 Å². The lowest BCUT2D eigenvalue weighted by molar-refractivity contribution is 0.601. The van der Waals surface area contributed by atoms with Crippen molar-refractivity contribution < 1.29 is 12.8 Å². The molecule has 1 fully saturated rings. The number of benzene rings is 2. The highest BCUT2D eigenvalue weighted by molar-refractivity contribution is 9.10. The lowest BCUT2D eigenvalue weighted by atomic mass is 10.1. The molecule has 2 aliphatic rings. The number of anilines is 1. The molecule has 4 rings (SSSR count). The van der Waals surface area contributed by atoms with E-state index >= 15 is 0 Å². The van der Waals surface area contributed by atoms with Gasteiger partial charge in [-0.05, 0) is 43.2 Å². The average Bonchev–Trinajstić information content (AvgIpc) is 3.06. The van der Waals surface area contributed by atoms with Gasteiger partial charge in [0.2, 0.25) is 0 Å². The van der Waals surface area contributed by atoms with Crippen molar-refractivity contribution in [2.24, 2.45) is 4.99 Å². The van der Waals surface area contributed by atoms with E-state index in [1.807, 2.05) is 36.9 Å². The van der Waals surface area contributed by atoms with Crippen LogP contribution in [-0.4, -0.2) is 37.2 Å². The molecule has 2 aliphatic heterocycles. The monoisotopic (exact) mass is 482 g/mol. The van der Waals surface area contributed by atoms with Gasteiger partial charge in [0.15, 0.2) is 15.0 Å². The molecule has 1 saturated heterocycles. The Balaban J connectivity index is 1.65. The number of halogens is 2. The zero-order valence-corrected chi connectivity index (χ0v) is 18.7. The van der Waals surface area contributed by atoms with Gasteiger partial charge in [-0.1, -0.05) is 51.5 Å². The standard InChI is InChI=1S/C20H20BrFN2O2S2/c1-12-3-6-18(13(2)7-12)24-19-11-28(25,26)10-17(19)23-20(24)27-9-14-4-5-15(21)8-16(14)22/h3-8,17,19H,9-11H2,1-2H3/t17-,19-/m0/s1. The third kappa shape index (κ3) is 3.86. The molecule has 0 N–H and O–H groups in total. The maximum absolute atomic E-state index is 14.2. The minimum Gasteiger partial charge on any atom is -0.315 e. The van der Waals surface area contributed by atoms with E-state index < -0.39 is 9.84 Å². The molecule has 0 aromatic heterocycles. The Morgan fingerprint density at radius 3 is 2.71 bits per heavy atom. The molecule has 28 heavy (non-hydrogen) atoms. The summed E-state index contributed by atoms with van der Waals surface area (Å²) in [6, 6.07) is 10.7. The molecular formula is C20H20BrFN2O2S2. The van der Waals surface area contributed by atoms with Crippen LogP contribution in [0, 0.1) is 19.7 Å². The lowest BCUT2D eigenvalue weighted by Crippen LogP contribution is -2.39. The Bertz CT molecular complexity index is 1070. The first-order chi connectivity index (χ1) is 13.2. The van der Waals surface area contributed by atoms with E-state index in [2.05, 4.69) is 22.0 Å². The van der Waals surface area contributed by atoms with Crippen molar-refractivity contribution in [1.29, 1.82) is 0 Å². The van der Waals surface area contributed by atoms with Crippen LogP contribution in [0.1, 0.15) is 16.7 Å². The largest absolute Gasteiger partial charge is 0.315 e. The maximum Gasteiger partial charge on any atom is 0.164 e. The van der Waals surface area contributed by atoms with E-state index in [1.165, 1.54) is 17.8 Å². The second-order valence-electron chi connectivity index (χ2n) is 7.31. The summed E-state index contributed by atoms with van der Waals surface area (Å²) in [5.41, 5.74) is 3.80. The highest BCUT2D eigenvalue weighted by Gasteiger charge is 2.47. The maximum atomic E-state index is 14.2. The van der Waals surface area contributed by atoms with Crippen LogP contribution >= 0.6 is 27.7 Å². The molecule has 148 valence electrons. The third-order valence-corrected chi connectivity index (χ3v) is 8.30. The first-order valence-corrected chi connectivity index (χ1v) is 12.5. The predicted octanol–water partition coefficient (Wildman–Crippen LogP) is 4.48. The van der Waals surface area contributed by atoms with Crippen LogP contribution in [0.2, 0.25) is 0 Å². The molecule has 8 heteroatoms. The van der Waals surface area contributed by atoms with Gasteiger partial charge < -0.3 is 4.90 Å². The predicted molar refractivity (Wildman–Crippen MR) is 117 cm³/mol. The van der Waals surface area contributed by atoms with Gasteiger partial charge in [-0.2, -0.15) is 0 Å². The van der Waals surface area contributed by atoms with Crippen molar-refractivity contribution >= 4 is 48.4 Å². The lowest BCUT2D eigenvalue weighted by Gasteiger charge is -2.28. The number of nitrogens with zero attached hydrogens (tertiary/aromatic N) is 2. The second kappa shape index (κ2) is 7.46. The van der Waals surface area contributed by atoms with E-state index in [-0.39, 0.29) is 29.4 Å². The summed E-state index contributed by atoms with van der Waals surface area (Å²) >= 11 is 4.73. The number of aliphatic imine (C=N–C) groups is 1. The molecule has 0 aliphatic carbocycles. The normalized spacial score (nSPS) is 23.0. The molecule has 4 nitrogen and oxygen atoms in total. The van der Waals surface area contributed by atoms with Gasteiger partial charge in [-0.3, -0.25) is 4.99 Å². The SMILES string of the molecule is Cc1ccc(N2C(SCc3ccc(Br)cc3F)=N[C@H]3CS(=O)(=O)C[C@@H]32)c(C)c1. The number of sulfone groups is 1. The van der Waals surface area contributed by atoms with Crippen molar-refractivity contribution in [2.45, 2.75) is 31.7 Å². The fourth-order valence-electron chi connectivity index (χ4n) is 3.77. The zero-order valence-electron chi connectivity index (χ0n) is 15.5. The van der Waals surface area contributed by atoms with Crippen molar-refractivity contribution in [3.63, 3.8) is 0 Å². The summed E-state index contributed by atoms with van der Waals surface area (Å²) in [5.74, 6) is 0.355. The fourth-order valence-corrected chi connectivity index (χ4v) is 7.05. The van der Waals surface area contributed by atoms with Crippen molar-refractivity contribution in [3.8, 4) is 0 Å². The minimum atomic E-state index is -3.09. The quantitative estimate of drug-likeness (QED) is 0.646. The van der Waals surface area contributed by atoms with E-state index in [4.69, 9.17) is 4.99 Å². The Morgan fingerprint density at radius 2 is 2.00 bits per heavy atom. The second-order valence-corrected chi connectivity index (χ2v) is 11.3. The highest BCUT2D eigenvalue weighted by Crippen LogP contribution is 2.37. The molecule has 0 amide bonds. The van der Waals surface area contributed by atoms with Crippen molar-refractivity contribution in [3.05, 3.63) is 63.4 Å². The molecule has 0 saturated carbocycles. The molecule has 0 radical (unpaired) electrons. The summed E-state index contributed by atoms with van der Waals surface area (Å²) in [6.45, 7) is 4.06. The van der Waals surface area contributed by atoms with Gasteiger partial charge in [-0.15, -0.1) is 0 Å². The number of rotatable bonds is 3. The number of fused-ring (bicyclic) bond motifs is 1. The van der Waals surface area contributed by atoms with Crippen LogP contribution in [0.25, 0.3) is 0 Å². The molecule has 0 bridgehead atoms. The number of hydrogen-bond acceptors (Lipinski definition) is 5. The van der Waals surface area contributed by atoms with Crippen LogP contribution in [0.5, 0.6) is 0 Å². The van der Waals surface area contributed by atoms with Gasteiger partial charge in [0.25, 0.3) is 0 Å². The first kappa shape index (κ1) is 19.9. The molecule has 2 heterocycles. The fraction of sp³-hybridized carbons (Fsp3) is 0.350. The van der Waals surface area contributed by atoms with Crippen molar-refractivity contribution in [2.75, 3.05) is 16.4 Å². The molecule has 2 atom stereocenters. The molecule has 2 aromatic carbocycles. The van der Waals surface area contributed by atoms with Crippen LogP contribution in [0.3, 0.4) is 0 Å². The zero-order chi connectivity index (χ0) is 20.1. The van der Waals surface area contributed by atoms with Crippen LogP contribution in [0.15, 0.2) is 45.9 Å². The van der Waals surface area contributed by atoms with Gasteiger partial charge >= 0.3 is 0 Å². The Hall–Kier alpha value is -1.38. The number of aryl methyl sites for hydroxylation is 2. The first-order valence-electron chi connectivity index (χ1n) is 8.95. The number of thioether (sulfide) groups is 1. The van der Waals surface area contributed by atoms with E-state index in [1.54, 1.807) is 6.07 Å². The Kier molecular flexibility index (Phi) is 5.31. The number of hydrogen-bond donors (Lipinski definition) is 0. The van der Waals surface area contributed by atoms with Gasteiger partial charge in [0.1, 0.15) is 5.82 Å². The van der Waals surface area contributed by atoms with Gasteiger partial charge in [-0.25, -0.2) is 12.8 Å². The average molecular weight is 483 g/mol. The van der Waals surface area contributed by atoms with E-state index in [0.717, 1.165) is 22.0 Å². The molecule has 0 unspecified atom stereocenters. The smallest absolute Gasteiger partial charge is 0.164 e. The van der Waals surface area contributed by atoms with Gasteiger partial charge in [0, 0.05) is 15.9 Å². The summed E-state index contributed by atoms with van der Waals surface area (Å²) in [6.07, 6.45) is 0. The van der Waals surface area contributed by atoms with Crippen LogP contribution in [-0.2, 0) is 15.6 Å². The Labute approximate surface area is 177 Å².